The van der Waals surface area contributed by atoms with Gasteiger partial charge in [0.2, 0.25) is 5.91 Å². The maximum Gasteiger partial charge on any atom is 0.244 e. The van der Waals surface area contributed by atoms with E-state index in [1.807, 2.05) is 43.3 Å². The smallest absolute Gasteiger partial charge is 0.244 e. The molecule has 0 fully saturated rings. The SMILES string of the molecule is Cc1cc(CNC(=O)/C=C/c2ccc(-c3ccccc3Cl)s2)no1. The molecule has 0 saturated carbocycles. The van der Waals surface area contributed by atoms with E-state index in [2.05, 4.69) is 10.5 Å². The van der Waals surface area contributed by atoms with Gasteiger partial charge in [0, 0.05) is 32.5 Å². The lowest BCUT2D eigenvalue weighted by atomic mass is 10.2. The molecule has 0 unspecified atom stereocenters. The average Bonchev–Trinajstić information content (AvgIpc) is 3.20. The quantitative estimate of drug-likeness (QED) is 0.673. The van der Waals surface area contributed by atoms with E-state index in [1.54, 1.807) is 23.5 Å². The van der Waals surface area contributed by atoms with Gasteiger partial charge in [-0.15, -0.1) is 11.3 Å². The van der Waals surface area contributed by atoms with E-state index in [1.165, 1.54) is 6.08 Å². The van der Waals surface area contributed by atoms with Crippen molar-refractivity contribution in [3.63, 3.8) is 0 Å². The van der Waals surface area contributed by atoms with Crippen LogP contribution in [0.3, 0.4) is 0 Å². The van der Waals surface area contributed by atoms with Crippen molar-refractivity contribution in [2.75, 3.05) is 0 Å². The highest BCUT2D eigenvalue weighted by Crippen LogP contribution is 2.33. The monoisotopic (exact) mass is 358 g/mol. The predicted octanol–water partition coefficient (Wildman–Crippen LogP) is 4.69. The standard InChI is InChI=1S/C18H15ClN2O2S/c1-12-10-13(21-23-12)11-20-18(22)9-7-14-6-8-17(24-14)15-4-2-3-5-16(15)19/h2-10H,11H2,1H3,(H,20,22)/b9-7+. The van der Waals surface area contributed by atoms with Crippen LogP contribution >= 0.6 is 22.9 Å². The third-order valence-corrected chi connectivity index (χ3v) is 4.70. The lowest BCUT2D eigenvalue weighted by Crippen LogP contribution is -2.20. The molecule has 0 atom stereocenters. The summed E-state index contributed by atoms with van der Waals surface area (Å²) in [6, 6.07) is 13.5. The number of halogens is 1. The Bertz CT molecular complexity index is 883. The van der Waals surface area contributed by atoms with Crippen molar-refractivity contribution in [2.45, 2.75) is 13.5 Å². The Kier molecular flexibility index (Phi) is 5.13. The lowest BCUT2D eigenvalue weighted by Gasteiger charge is -1.99. The third kappa shape index (κ3) is 4.13. The maximum atomic E-state index is 11.9. The molecule has 3 aromatic rings. The summed E-state index contributed by atoms with van der Waals surface area (Å²) in [4.78, 5) is 13.9. The van der Waals surface area contributed by atoms with E-state index >= 15 is 0 Å². The van der Waals surface area contributed by atoms with Crippen molar-refractivity contribution in [2.24, 2.45) is 0 Å². The molecule has 122 valence electrons. The lowest BCUT2D eigenvalue weighted by molar-refractivity contribution is -0.116. The van der Waals surface area contributed by atoms with Gasteiger partial charge in [-0.25, -0.2) is 0 Å². The topological polar surface area (TPSA) is 55.1 Å². The number of carbonyl (C=O) groups is 1. The molecule has 3 rings (SSSR count). The Morgan fingerprint density at radius 1 is 1.33 bits per heavy atom. The van der Waals surface area contributed by atoms with Gasteiger partial charge in [0.1, 0.15) is 11.5 Å². The highest BCUT2D eigenvalue weighted by atomic mass is 35.5. The second-order valence-corrected chi connectivity index (χ2v) is 6.68. The van der Waals surface area contributed by atoms with E-state index < -0.39 is 0 Å². The molecule has 0 radical (unpaired) electrons. The van der Waals surface area contributed by atoms with E-state index in [4.69, 9.17) is 16.1 Å². The average molecular weight is 359 g/mol. The zero-order valence-corrected chi connectivity index (χ0v) is 14.5. The van der Waals surface area contributed by atoms with Crippen LogP contribution in [0.25, 0.3) is 16.5 Å². The molecule has 6 heteroatoms. The van der Waals surface area contributed by atoms with Crippen LogP contribution in [0.4, 0.5) is 0 Å². The zero-order chi connectivity index (χ0) is 16.9. The third-order valence-electron chi connectivity index (χ3n) is 3.29. The minimum atomic E-state index is -0.177. The fourth-order valence-electron chi connectivity index (χ4n) is 2.14. The number of rotatable bonds is 5. The normalized spacial score (nSPS) is 11.1. The van der Waals surface area contributed by atoms with Crippen molar-refractivity contribution in [1.82, 2.24) is 10.5 Å². The Hall–Kier alpha value is -2.37. The summed E-state index contributed by atoms with van der Waals surface area (Å²) in [5.41, 5.74) is 1.70. The molecule has 1 aromatic carbocycles. The fraction of sp³-hybridized carbons (Fsp3) is 0.111. The number of nitrogens with one attached hydrogen (secondary N) is 1. The van der Waals surface area contributed by atoms with Crippen LogP contribution in [0.5, 0.6) is 0 Å². The van der Waals surface area contributed by atoms with Gasteiger partial charge >= 0.3 is 0 Å². The largest absolute Gasteiger partial charge is 0.361 e. The predicted molar refractivity (Wildman–Crippen MR) is 96.9 cm³/mol. The number of thiophene rings is 1. The van der Waals surface area contributed by atoms with Crippen molar-refractivity contribution in [3.8, 4) is 10.4 Å². The molecule has 0 saturated heterocycles. The van der Waals surface area contributed by atoms with Crippen LogP contribution in [0, 0.1) is 6.92 Å². The molecule has 2 aromatic heterocycles. The zero-order valence-electron chi connectivity index (χ0n) is 13.0. The summed E-state index contributed by atoms with van der Waals surface area (Å²) in [6.07, 6.45) is 3.30. The van der Waals surface area contributed by atoms with Gasteiger partial charge in [-0.1, -0.05) is 35.0 Å². The summed E-state index contributed by atoms with van der Waals surface area (Å²) in [5.74, 6) is 0.545. The number of amides is 1. The van der Waals surface area contributed by atoms with Crippen LogP contribution in [0.15, 0.2) is 53.1 Å². The molecule has 2 heterocycles. The number of hydrogen-bond acceptors (Lipinski definition) is 4. The molecule has 0 spiro atoms. The summed E-state index contributed by atoms with van der Waals surface area (Å²) in [5, 5.41) is 7.31. The van der Waals surface area contributed by atoms with Gasteiger partial charge in [-0.2, -0.15) is 0 Å². The molecule has 0 bridgehead atoms. The minimum absolute atomic E-state index is 0.177. The molecule has 1 N–H and O–H groups in total. The van der Waals surface area contributed by atoms with Gasteiger partial charge in [-0.3, -0.25) is 4.79 Å². The first kappa shape index (κ1) is 16.5. The first-order valence-corrected chi connectivity index (χ1v) is 8.54. The van der Waals surface area contributed by atoms with E-state index in [9.17, 15) is 4.79 Å². The van der Waals surface area contributed by atoms with Gasteiger partial charge < -0.3 is 9.84 Å². The molecular weight excluding hydrogens is 344 g/mol. The first-order chi connectivity index (χ1) is 11.6. The maximum absolute atomic E-state index is 11.9. The number of hydrogen-bond donors (Lipinski definition) is 1. The second-order valence-electron chi connectivity index (χ2n) is 5.16. The minimum Gasteiger partial charge on any atom is -0.361 e. The Labute approximate surface area is 148 Å². The molecule has 0 aliphatic heterocycles. The van der Waals surface area contributed by atoms with Gasteiger partial charge in [0.05, 0.1) is 6.54 Å². The van der Waals surface area contributed by atoms with Crippen LogP contribution < -0.4 is 5.32 Å². The fourth-order valence-corrected chi connectivity index (χ4v) is 3.39. The summed E-state index contributed by atoms with van der Waals surface area (Å²) < 4.78 is 4.95. The molecular formula is C18H15ClN2O2S. The molecule has 0 aliphatic rings. The van der Waals surface area contributed by atoms with E-state index in [0.29, 0.717) is 12.2 Å². The van der Waals surface area contributed by atoms with Crippen molar-refractivity contribution in [3.05, 3.63) is 69.9 Å². The van der Waals surface area contributed by atoms with Crippen molar-refractivity contribution >= 4 is 34.9 Å². The molecule has 1 amide bonds. The Balaban J connectivity index is 1.60. The van der Waals surface area contributed by atoms with Crippen LogP contribution in [0.1, 0.15) is 16.3 Å². The van der Waals surface area contributed by atoms with Crippen LogP contribution in [-0.4, -0.2) is 11.1 Å². The number of benzene rings is 1. The first-order valence-electron chi connectivity index (χ1n) is 7.34. The molecule has 0 aliphatic carbocycles. The van der Waals surface area contributed by atoms with Crippen molar-refractivity contribution in [1.29, 1.82) is 0 Å². The van der Waals surface area contributed by atoms with E-state index in [0.717, 1.165) is 26.1 Å². The second kappa shape index (κ2) is 7.47. The molecule has 4 nitrogen and oxygen atoms in total. The number of aryl methyl sites for hydroxylation is 1. The van der Waals surface area contributed by atoms with Crippen LogP contribution in [0.2, 0.25) is 5.02 Å². The molecule has 24 heavy (non-hydrogen) atoms. The Morgan fingerprint density at radius 3 is 2.92 bits per heavy atom. The number of aromatic nitrogens is 1. The Morgan fingerprint density at radius 2 is 2.17 bits per heavy atom. The van der Waals surface area contributed by atoms with Gasteiger partial charge in [-0.05, 0) is 31.2 Å². The van der Waals surface area contributed by atoms with Crippen molar-refractivity contribution < 1.29 is 9.32 Å². The highest BCUT2D eigenvalue weighted by molar-refractivity contribution is 7.16. The van der Waals surface area contributed by atoms with Gasteiger partial charge in [0.25, 0.3) is 0 Å². The summed E-state index contributed by atoms with van der Waals surface area (Å²) in [7, 11) is 0. The number of carbonyl (C=O) groups excluding carboxylic acids is 1. The van der Waals surface area contributed by atoms with Crippen LogP contribution in [-0.2, 0) is 11.3 Å². The van der Waals surface area contributed by atoms with Gasteiger partial charge in [0.15, 0.2) is 0 Å². The summed E-state index contributed by atoms with van der Waals surface area (Å²) in [6.45, 7) is 2.15. The van der Waals surface area contributed by atoms with E-state index in [-0.39, 0.29) is 5.91 Å². The highest BCUT2D eigenvalue weighted by Gasteiger charge is 2.06. The number of nitrogens with zero attached hydrogens (tertiary/aromatic N) is 1. The summed E-state index contributed by atoms with van der Waals surface area (Å²) >= 11 is 7.79.